The third kappa shape index (κ3) is 1.36. The molecule has 0 aliphatic rings. The molecular formula is C6H10N6S. The highest BCUT2D eigenvalue weighted by atomic mass is 32.1. The van der Waals surface area contributed by atoms with Gasteiger partial charge in [0.1, 0.15) is 0 Å². The Morgan fingerprint density at radius 2 is 2.38 bits per heavy atom. The molecule has 7 heteroatoms. The molecule has 0 radical (unpaired) electrons. The van der Waals surface area contributed by atoms with Gasteiger partial charge < -0.3 is 0 Å². The number of aromatic nitrogens is 4. The lowest BCUT2D eigenvalue weighted by Crippen LogP contribution is -2.07. The minimum Gasteiger partial charge on any atom is -0.298 e. The van der Waals surface area contributed by atoms with Gasteiger partial charge in [-0.2, -0.15) is 4.52 Å². The molecule has 70 valence electrons. The highest BCUT2D eigenvalue weighted by molar-refractivity contribution is 7.20. The van der Waals surface area contributed by atoms with Crippen LogP contribution >= 0.6 is 11.3 Å². The summed E-state index contributed by atoms with van der Waals surface area (Å²) in [4.78, 5) is 0.774. The van der Waals surface area contributed by atoms with E-state index in [9.17, 15) is 0 Å². The maximum absolute atomic E-state index is 5.23. The number of nitrogens with zero attached hydrogens (tertiary/aromatic N) is 4. The normalized spacial score (nSPS) is 10.9. The molecule has 2 aromatic rings. The van der Waals surface area contributed by atoms with Crippen LogP contribution in [0.25, 0.3) is 4.96 Å². The standard InChI is InChI=1S/C6H10N6S/c1-2-3-4-9-10-6-12(4)11-5(8-7)13-6/h2-3,7H2,1H3,(H,8,11). The second-order valence-electron chi connectivity index (χ2n) is 2.61. The molecule has 0 saturated heterocycles. The average molecular weight is 198 g/mol. The molecule has 0 saturated carbocycles. The van der Waals surface area contributed by atoms with Crippen molar-refractivity contribution in [1.82, 2.24) is 19.8 Å². The van der Waals surface area contributed by atoms with E-state index < -0.39 is 0 Å². The molecule has 2 heterocycles. The number of hydrazine groups is 1. The van der Waals surface area contributed by atoms with Crippen LogP contribution in [0.4, 0.5) is 5.13 Å². The molecule has 0 amide bonds. The van der Waals surface area contributed by atoms with Crippen LogP contribution in [-0.2, 0) is 6.42 Å². The van der Waals surface area contributed by atoms with Crippen molar-refractivity contribution in [2.45, 2.75) is 19.8 Å². The Hall–Kier alpha value is -1.21. The van der Waals surface area contributed by atoms with Crippen molar-refractivity contribution < 1.29 is 0 Å². The van der Waals surface area contributed by atoms with Gasteiger partial charge >= 0.3 is 0 Å². The molecule has 0 fully saturated rings. The molecule has 0 atom stereocenters. The summed E-state index contributed by atoms with van der Waals surface area (Å²) in [7, 11) is 0. The molecule has 0 spiro atoms. The number of fused-ring (bicyclic) bond motifs is 1. The number of rotatable bonds is 3. The van der Waals surface area contributed by atoms with Crippen molar-refractivity contribution in [2.75, 3.05) is 5.43 Å². The van der Waals surface area contributed by atoms with Crippen LogP contribution in [-0.4, -0.2) is 19.8 Å². The first-order chi connectivity index (χ1) is 6.35. The van der Waals surface area contributed by atoms with Gasteiger partial charge in [-0.3, -0.25) is 5.43 Å². The van der Waals surface area contributed by atoms with Gasteiger partial charge in [-0.25, -0.2) is 5.84 Å². The van der Waals surface area contributed by atoms with Crippen molar-refractivity contribution in [3.8, 4) is 0 Å². The smallest absolute Gasteiger partial charge is 0.236 e. The fourth-order valence-electron chi connectivity index (χ4n) is 1.10. The molecule has 6 nitrogen and oxygen atoms in total. The zero-order valence-corrected chi connectivity index (χ0v) is 8.01. The van der Waals surface area contributed by atoms with Gasteiger partial charge in [0.25, 0.3) is 0 Å². The summed E-state index contributed by atoms with van der Waals surface area (Å²) in [6.45, 7) is 2.09. The maximum Gasteiger partial charge on any atom is 0.236 e. The fourth-order valence-corrected chi connectivity index (χ4v) is 1.76. The minimum atomic E-state index is 0.655. The minimum absolute atomic E-state index is 0.655. The maximum atomic E-state index is 5.23. The second kappa shape index (κ2) is 3.27. The third-order valence-corrected chi connectivity index (χ3v) is 2.48. The van der Waals surface area contributed by atoms with E-state index in [4.69, 9.17) is 5.84 Å². The van der Waals surface area contributed by atoms with Crippen molar-refractivity contribution >= 4 is 21.4 Å². The van der Waals surface area contributed by atoms with Crippen molar-refractivity contribution in [2.24, 2.45) is 5.84 Å². The van der Waals surface area contributed by atoms with E-state index in [1.807, 2.05) is 0 Å². The number of hydrogen-bond donors (Lipinski definition) is 2. The molecule has 0 aromatic carbocycles. The van der Waals surface area contributed by atoms with E-state index in [1.54, 1.807) is 4.52 Å². The largest absolute Gasteiger partial charge is 0.298 e. The fraction of sp³-hybridized carbons (Fsp3) is 0.500. The Kier molecular flexibility index (Phi) is 2.11. The van der Waals surface area contributed by atoms with Gasteiger partial charge in [0.05, 0.1) is 0 Å². The van der Waals surface area contributed by atoms with Crippen LogP contribution < -0.4 is 11.3 Å². The molecular weight excluding hydrogens is 188 g/mol. The van der Waals surface area contributed by atoms with Crippen LogP contribution in [0.5, 0.6) is 0 Å². The lowest BCUT2D eigenvalue weighted by atomic mass is 10.3. The van der Waals surface area contributed by atoms with E-state index in [0.29, 0.717) is 5.13 Å². The predicted molar refractivity (Wildman–Crippen MR) is 50.5 cm³/mol. The van der Waals surface area contributed by atoms with Gasteiger partial charge in [-0.15, -0.1) is 15.3 Å². The Labute approximate surface area is 78.7 Å². The monoisotopic (exact) mass is 198 g/mol. The molecule has 3 N–H and O–H groups in total. The second-order valence-corrected chi connectivity index (χ2v) is 3.57. The van der Waals surface area contributed by atoms with Crippen LogP contribution in [0.2, 0.25) is 0 Å². The Balaban J connectivity index is 2.46. The Bertz CT molecular complexity index is 404. The van der Waals surface area contributed by atoms with Gasteiger partial charge in [0.2, 0.25) is 10.1 Å². The highest BCUT2D eigenvalue weighted by Crippen LogP contribution is 2.17. The first kappa shape index (κ1) is 8.39. The first-order valence-corrected chi connectivity index (χ1v) is 4.84. The SMILES string of the molecule is CCCc1nnc2sc(NN)nn12. The van der Waals surface area contributed by atoms with Crippen LogP contribution in [0.3, 0.4) is 0 Å². The Morgan fingerprint density at radius 1 is 1.54 bits per heavy atom. The van der Waals surface area contributed by atoms with Gasteiger partial charge in [0, 0.05) is 6.42 Å². The quantitative estimate of drug-likeness (QED) is 0.552. The summed E-state index contributed by atoms with van der Waals surface area (Å²) in [5, 5.41) is 12.8. The summed E-state index contributed by atoms with van der Waals surface area (Å²) >= 11 is 1.39. The molecule has 0 aliphatic heterocycles. The summed E-state index contributed by atoms with van der Waals surface area (Å²) in [6, 6.07) is 0. The van der Waals surface area contributed by atoms with Crippen LogP contribution in [0.15, 0.2) is 0 Å². The van der Waals surface area contributed by atoms with E-state index in [2.05, 4.69) is 27.6 Å². The van der Waals surface area contributed by atoms with Gasteiger partial charge in [-0.05, 0) is 6.42 Å². The molecule has 0 bridgehead atoms. The van der Waals surface area contributed by atoms with E-state index in [-0.39, 0.29) is 0 Å². The first-order valence-electron chi connectivity index (χ1n) is 4.03. The van der Waals surface area contributed by atoms with Gasteiger partial charge in [-0.1, -0.05) is 18.3 Å². The number of nitrogens with two attached hydrogens (primary N) is 1. The molecule has 0 aliphatic carbocycles. The number of anilines is 1. The van der Waals surface area contributed by atoms with Crippen LogP contribution in [0.1, 0.15) is 19.2 Å². The van der Waals surface area contributed by atoms with E-state index in [1.165, 1.54) is 11.3 Å². The van der Waals surface area contributed by atoms with E-state index >= 15 is 0 Å². The zero-order valence-electron chi connectivity index (χ0n) is 7.19. The van der Waals surface area contributed by atoms with Gasteiger partial charge in [0.15, 0.2) is 5.82 Å². The number of hydrogen-bond acceptors (Lipinski definition) is 6. The highest BCUT2D eigenvalue weighted by Gasteiger charge is 2.09. The number of nitrogen functional groups attached to an aromatic ring is 1. The molecule has 13 heavy (non-hydrogen) atoms. The summed E-state index contributed by atoms with van der Waals surface area (Å²) < 4.78 is 1.73. The summed E-state index contributed by atoms with van der Waals surface area (Å²) in [5.74, 6) is 6.12. The third-order valence-electron chi connectivity index (χ3n) is 1.65. The molecule has 2 aromatic heterocycles. The summed E-state index contributed by atoms with van der Waals surface area (Å²) in [5.41, 5.74) is 2.49. The Morgan fingerprint density at radius 3 is 3.08 bits per heavy atom. The zero-order chi connectivity index (χ0) is 9.26. The lowest BCUT2D eigenvalue weighted by Gasteiger charge is -1.90. The predicted octanol–water partition coefficient (Wildman–Crippen LogP) is 0.424. The number of aryl methyl sites for hydroxylation is 1. The van der Waals surface area contributed by atoms with Crippen molar-refractivity contribution in [3.63, 3.8) is 0 Å². The lowest BCUT2D eigenvalue weighted by molar-refractivity contribution is 0.777. The molecule has 0 unspecified atom stereocenters. The number of nitrogens with one attached hydrogen (secondary N) is 1. The van der Waals surface area contributed by atoms with Crippen molar-refractivity contribution in [1.29, 1.82) is 0 Å². The summed E-state index contributed by atoms with van der Waals surface area (Å²) in [6.07, 6.45) is 1.92. The topological polar surface area (TPSA) is 81.1 Å². The van der Waals surface area contributed by atoms with Crippen LogP contribution in [0, 0.1) is 0 Å². The van der Waals surface area contributed by atoms with E-state index in [0.717, 1.165) is 23.6 Å². The molecule has 2 rings (SSSR count). The van der Waals surface area contributed by atoms with Crippen molar-refractivity contribution in [3.05, 3.63) is 5.82 Å². The average Bonchev–Trinajstić information content (AvgIpc) is 2.67.